The van der Waals surface area contributed by atoms with Gasteiger partial charge < -0.3 is 15.3 Å². The van der Waals surface area contributed by atoms with E-state index in [0.29, 0.717) is 5.56 Å². The number of aromatic nitrogens is 1. The molecule has 6 heteroatoms. The number of hydrogen-bond acceptors (Lipinski definition) is 4. The Hall–Kier alpha value is -2.11. The van der Waals surface area contributed by atoms with Gasteiger partial charge in [-0.3, -0.25) is 9.59 Å². The van der Waals surface area contributed by atoms with Crippen LogP contribution < -0.4 is 10.2 Å². The molecule has 1 aromatic rings. The molecule has 1 aromatic heterocycles. The van der Waals surface area contributed by atoms with Crippen LogP contribution >= 0.6 is 0 Å². The Bertz CT molecular complexity index is 467. The van der Waals surface area contributed by atoms with E-state index in [9.17, 15) is 9.59 Å². The Labute approximate surface area is 112 Å². The average Bonchev–Trinajstić information content (AvgIpc) is 2.36. The van der Waals surface area contributed by atoms with Crippen molar-refractivity contribution in [2.24, 2.45) is 5.41 Å². The number of carboxylic acids is 1. The highest BCUT2D eigenvalue weighted by Gasteiger charge is 2.27. The van der Waals surface area contributed by atoms with Crippen molar-refractivity contribution in [2.45, 2.75) is 13.8 Å². The molecule has 0 saturated heterocycles. The second kappa shape index (κ2) is 5.69. The van der Waals surface area contributed by atoms with Gasteiger partial charge in [0.15, 0.2) is 0 Å². The van der Waals surface area contributed by atoms with E-state index in [2.05, 4.69) is 10.3 Å². The van der Waals surface area contributed by atoms with Crippen LogP contribution in [0, 0.1) is 5.41 Å². The zero-order valence-electron chi connectivity index (χ0n) is 11.6. The second-order valence-electron chi connectivity index (χ2n) is 5.17. The molecule has 1 amide bonds. The lowest BCUT2D eigenvalue weighted by molar-refractivity contribution is -0.146. The van der Waals surface area contributed by atoms with Crippen molar-refractivity contribution in [3.63, 3.8) is 0 Å². The fourth-order valence-electron chi connectivity index (χ4n) is 1.26. The molecule has 0 aromatic carbocycles. The predicted molar refractivity (Wildman–Crippen MR) is 72.3 cm³/mol. The molecule has 0 spiro atoms. The van der Waals surface area contributed by atoms with Gasteiger partial charge in [0.1, 0.15) is 5.82 Å². The lowest BCUT2D eigenvalue weighted by Crippen LogP contribution is -2.38. The third-order valence-corrected chi connectivity index (χ3v) is 2.74. The van der Waals surface area contributed by atoms with Gasteiger partial charge in [-0.1, -0.05) is 0 Å². The molecule has 1 rings (SSSR count). The summed E-state index contributed by atoms with van der Waals surface area (Å²) in [6, 6.07) is 3.39. The van der Waals surface area contributed by atoms with Gasteiger partial charge in [-0.15, -0.1) is 0 Å². The van der Waals surface area contributed by atoms with Crippen molar-refractivity contribution in [3.05, 3.63) is 23.9 Å². The molecule has 19 heavy (non-hydrogen) atoms. The average molecular weight is 265 g/mol. The summed E-state index contributed by atoms with van der Waals surface area (Å²) in [6.45, 7) is 3.18. The minimum absolute atomic E-state index is 0.0661. The van der Waals surface area contributed by atoms with Crippen LogP contribution in [0.25, 0.3) is 0 Å². The maximum atomic E-state index is 11.8. The van der Waals surface area contributed by atoms with E-state index < -0.39 is 11.4 Å². The quantitative estimate of drug-likeness (QED) is 0.829. The molecule has 0 unspecified atom stereocenters. The van der Waals surface area contributed by atoms with Gasteiger partial charge in [0.05, 0.1) is 11.0 Å². The third-order valence-electron chi connectivity index (χ3n) is 2.74. The van der Waals surface area contributed by atoms with Crippen molar-refractivity contribution in [2.75, 3.05) is 25.5 Å². The monoisotopic (exact) mass is 265 g/mol. The summed E-state index contributed by atoms with van der Waals surface area (Å²) in [4.78, 5) is 28.7. The van der Waals surface area contributed by atoms with Crippen molar-refractivity contribution in [3.8, 4) is 0 Å². The predicted octanol–water partition coefficient (Wildman–Crippen LogP) is 0.988. The molecule has 1 heterocycles. The van der Waals surface area contributed by atoms with Gasteiger partial charge in [-0.25, -0.2) is 4.98 Å². The van der Waals surface area contributed by atoms with Gasteiger partial charge in [0.25, 0.3) is 5.91 Å². The zero-order chi connectivity index (χ0) is 14.6. The van der Waals surface area contributed by atoms with Crippen LogP contribution in [-0.2, 0) is 4.79 Å². The Balaban J connectivity index is 2.66. The van der Waals surface area contributed by atoms with E-state index in [1.54, 1.807) is 26.0 Å². The number of anilines is 1. The van der Waals surface area contributed by atoms with Crippen molar-refractivity contribution in [1.29, 1.82) is 0 Å². The highest BCUT2D eigenvalue weighted by Crippen LogP contribution is 2.14. The Kier molecular flexibility index (Phi) is 4.47. The van der Waals surface area contributed by atoms with Crippen LogP contribution in [-0.4, -0.2) is 42.6 Å². The molecular formula is C13H19N3O3. The molecule has 104 valence electrons. The SMILES string of the molecule is CN(C)c1ccc(C(=O)NCC(C)(C)C(=O)O)cn1. The maximum Gasteiger partial charge on any atom is 0.310 e. The first kappa shape index (κ1) is 14.9. The highest BCUT2D eigenvalue weighted by molar-refractivity contribution is 5.94. The molecule has 0 aliphatic carbocycles. The van der Waals surface area contributed by atoms with E-state index in [0.717, 1.165) is 5.82 Å². The van der Waals surface area contributed by atoms with Gasteiger partial charge >= 0.3 is 5.97 Å². The van der Waals surface area contributed by atoms with Gasteiger partial charge in [0, 0.05) is 26.8 Å². The zero-order valence-corrected chi connectivity index (χ0v) is 11.6. The number of aliphatic carboxylic acids is 1. The number of rotatable bonds is 5. The number of pyridine rings is 1. The van der Waals surface area contributed by atoms with Crippen LogP contribution in [0.5, 0.6) is 0 Å². The first-order valence-electron chi connectivity index (χ1n) is 5.89. The first-order valence-corrected chi connectivity index (χ1v) is 5.89. The van der Waals surface area contributed by atoms with Crippen LogP contribution in [0.15, 0.2) is 18.3 Å². The summed E-state index contributed by atoms with van der Waals surface area (Å²) in [5, 5.41) is 11.5. The van der Waals surface area contributed by atoms with E-state index in [4.69, 9.17) is 5.11 Å². The third kappa shape index (κ3) is 3.94. The largest absolute Gasteiger partial charge is 0.481 e. The minimum atomic E-state index is -0.993. The second-order valence-corrected chi connectivity index (χ2v) is 5.17. The van der Waals surface area contributed by atoms with Crippen molar-refractivity contribution >= 4 is 17.7 Å². The molecular weight excluding hydrogens is 246 g/mol. The normalized spacial score (nSPS) is 10.9. The summed E-state index contributed by atoms with van der Waals surface area (Å²) in [7, 11) is 3.72. The molecule has 0 radical (unpaired) electrons. The standard InChI is InChI=1S/C13H19N3O3/c1-13(2,12(18)19)8-15-11(17)9-5-6-10(14-7-9)16(3)4/h5-7H,8H2,1-4H3,(H,15,17)(H,18,19). The van der Waals surface area contributed by atoms with Crippen LogP contribution in [0.1, 0.15) is 24.2 Å². The molecule has 2 N–H and O–H groups in total. The smallest absolute Gasteiger partial charge is 0.310 e. The number of nitrogens with zero attached hydrogens (tertiary/aromatic N) is 2. The van der Waals surface area contributed by atoms with Gasteiger partial charge in [0.2, 0.25) is 0 Å². The summed E-state index contributed by atoms with van der Waals surface area (Å²) >= 11 is 0. The van der Waals surface area contributed by atoms with Gasteiger partial charge in [-0.05, 0) is 26.0 Å². The minimum Gasteiger partial charge on any atom is -0.481 e. The number of carboxylic acid groups (broad SMARTS) is 1. The van der Waals surface area contributed by atoms with Gasteiger partial charge in [-0.2, -0.15) is 0 Å². The molecule has 0 saturated carbocycles. The highest BCUT2D eigenvalue weighted by atomic mass is 16.4. The fourth-order valence-corrected chi connectivity index (χ4v) is 1.26. The van der Waals surface area contributed by atoms with E-state index >= 15 is 0 Å². The lowest BCUT2D eigenvalue weighted by atomic mass is 9.94. The van der Waals surface area contributed by atoms with Crippen LogP contribution in [0.2, 0.25) is 0 Å². The lowest BCUT2D eigenvalue weighted by Gasteiger charge is -2.19. The number of hydrogen-bond donors (Lipinski definition) is 2. The van der Waals surface area contributed by atoms with E-state index in [-0.39, 0.29) is 12.5 Å². The van der Waals surface area contributed by atoms with E-state index in [1.807, 2.05) is 19.0 Å². The Morgan fingerprint density at radius 1 is 1.37 bits per heavy atom. The van der Waals surface area contributed by atoms with Crippen LogP contribution in [0.4, 0.5) is 5.82 Å². The molecule has 0 aliphatic heterocycles. The summed E-state index contributed by atoms with van der Waals surface area (Å²) in [5.41, 5.74) is -0.584. The summed E-state index contributed by atoms with van der Waals surface area (Å²) < 4.78 is 0. The molecule has 0 bridgehead atoms. The fraction of sp³-hybridized carbons (Fsp3) is 0.462. The summed E-state index contributed by atoms with van der Waals surface area (Å²) in [5.74, 6) is -0.525. The Morgan fingerprint density at radius 2 is 2.00 bits per heavy atom. The number of carbonyl (C=O) groups is 2. The molecule has 6 nitrogen and oxygen atoms in total. The van der Waals surface area contributed by atoms with Crippen molar-refractivity contribution in [1.82, 2.24) is 10.3 Å². The van der Waals surface area contributed by atoms with Crippen molar-refractivity contribution < 1.29 is 14.7 Å². The maximum absolute atomic E-state index is 11.8. The Morgan fingerprint density at radius 3 is 2.42 bits per heavy atom. The first-order chi connectivity index (χ1) is 8.74. The summed E-state index contributed by atoms with van der Waals surface area (Å²) in [6.07, 6.45) is 1.47. The number of nitrogens with one attached hydrogen (secondary N) is 1. The molecule has 0 fully saturated rings. The molecule has 0 aliphatic rings. The topological polar surface area (TPSA) is 82.5 Å². The van der Waals surface area contributed by atoms with Crippen LogP contribution in [0.3, 0.4) is 0 Å². The van der Waals surface area contributed by atoms with E-state index in [1.165, 1.54) is 6.20 Å². The number of carbonyl (C=O) groups excluding carboxylic acids is 1. The number of amides is 1. The molecule has 0 atom stereocenters.